The van der Waals surface area contributed by atoms with Crippen LogP contribution in [0.3, 0.4) is 0 Å². The maximum absolute atomic E-state index is 5.59. The molecule has 1 rings (SSSR count). The lowest BCUT2D eigenvalue weighted by Crippen LogP contribution is -1.97. The minimum atomic E-state index is 0.413. The first-order chi connectivity index (χ1) is 5.74. The molecule has 0 fully saturated rings. The van der Waals surface area contributed by atoms with E-state index >= 15 is 0 Å². The van der Waals surface area contributed by atoms with E-state index in [0.717, 1.165) is 17.1 Å². The van der Waals surface area contributed by atoms with Crippen molar-refractivity contribution in [1.82, 2.24) is 4.98 Å². The predicted octanol–water partition coefficient (Wildman–Crippen LogP) is 1.75. The van der Waals surface area contributed by atoms with Crippen molar-refractivity contribution in [3.05, 3.63) is 12.3 Å². The fraction of sp³-hybridized carbons (Fsp3) is 0.375. The molecule has 0 spiro atoms. The third kappa shape index (κ3) is 2.30. The highest BCUT2D eigenvalue weighted by atomic mass is 32.2. The average Bonchev–Trinajstić information content (AvgIpc) is 2.07. The summed E-state index contributed by atoms with van der Waals surface area (Å²) in [4.78, 5) is 5.05. The van der Waals surface area contributed by atoms with Gasteiger partial charge in [0.1, 0.15) is 5.82 Å². The van der Waals surface area contributed by atoms with Gasteiger partial charge in [0.2, 0.25) is 0 Å². The molecular formula is C8H13N3S. The Kier molecular flexibility index (Phi) is 3.22. The third-order valence-corrected chi connectivity index (χ3v) is 2.57. The summed E-state index contributed by atoms with van der Waals surface area (Å²) in [5.74, 6) is 1.50. The lowest BCUT2D eigenvalue weighted by atomic mass is 10.4. The molecule has 4 N–H and O–H groups in total. The number of hydrogen-bond donors (Lipinski definition) is 2. The Morgan fingerprint density at radius 3 is 2.83 bits per heavy atom. The number of nitrogen functional groups attached to an aromatic ring is 2. The van der Waals surface area contributed by atoms with Crippen LogP contribution in [0.25, 0.3) is 0 Å². The van der Waals surface area contributed by atoms with E-state index in [-0.39, 0.29) is 0 Å². The summed E-state index contributed by atoms with van der Waals surface area (Å²) in [6.07, 6.45) is 2.90. The molecule has 0 radical (unpaired) electrons. The number of thioether (sulfide) groups is 1. The van der Waals surface area contributed by atoms with Crippen molar-refractivity contribution < 1.29 is 0 Å². The minimum absolute atomic E-state index is 0.413. The highest BCUT2D eigenvalue weighted by Crippen LogP contribution is 2.22. The zero-order valence-corrected chi connectivity index (χ0v) is 7.90. The molecule has 1 aromatic heterocycles. The summed E-state index contributed by atoms with van der Waals surface area (Å²) in [5.41, 5.74) is 11.6. The first-order valence-corrected chi connectivity index (χ1v) is 4.86. The molecular weight excluding hydrogens is 170 g/mol. The molecule has 1 aromatic rings. The molecule has 12 heavy (non-hydrogen) atoms. The van der Waals surface area contributed by atoms with Crippen molar-refractivity contribution in [3.8, 4) is 0 Å². The van der Waals surface area contributed by atoms with Gasteiger partial charge in [-0.1, -0.05) is 6.92 Å². The van der Waals surface area contributed by atoms with Gasteiger partial charge in [0.25, 0.3) is 0 Å². The topological polar surface area (TPSA) is 64.9 Å². The molecule has 0 amide bonds. The highest BCUT2D eigenvalue weighted by molar-refractivity contribution is 7.99. The molecule has 0 aliphatic carbocycles. The lowest BCUT2D eigenvalue weighted by molar-refractivity contribution is 1.10. The standard InChI is InChI=1S/C8H13N3S/c1-2-3-12-6-4-7(9)8(10)11-5-6/h4-5H,2-3,9H2,1H3,(H2,10,11). The summed E-state index contributed by atoms with van der Waals surface area (Å²) in [6.45, 7) is 2.14. The number of nitrogens with two attached hydrogens (primary N) is 2. The second kappa shape index (κ2) is 4.21. The molecule has 0 aromatic carbocycles. The summed E-state index contributed by atoms with van der Waals surface area (Å²) < 4.78 is 0. The second-order valence-corrected chi connectivity index (χ2v) is 3.66. The quantitative estimate of drug-likeness (QED) is 0.701. The molecule has 3 nitrogen and oxygen atoms in total. The molecule has 0 saturated heterocycles. The Hall–Kier alpha value is -0.900. The van der Waals surface area contributed by atoms with Gasteiger partial charge >= 0.3 is 0 Å². The van der Waals surface area contributed by atoms with Gasteiger partial charge in [-0.3, -0.25) is 0 Å². The van der Waals surface area contributed by atoms with E-state index in [4.69, 9.17) is 11.5 Å². The van der Waals surface area contributed by atoms with Gasteiger partial charge in [0, 0.05) is 11.1 Å². The van der Waals surface area contributed by atoms with E-state index in [9.17, 15) is 0 Å². The number of pyridine rings is 1. The summed E-state index contributed by atoms with van der Waals surface area (Å²) in [7, 11) is 0. The van der Waals surface area contributed by atoms with Gasteiger partial charge in [-0.05, 0) is 18.2 Å². The summed E-state index contributed by atoms with van der Waals surface area (Å²) in [5, 5.41) is 0. The van der Waals surface area contributed by atoms with Crippen molar-refractivity contribution in [3.63, 3.8) is 0 Å². The van der Waals surface area contributed by atoms with Gasteiger partial charge in [-0.15, -0.1) is 11.8 Å². The summed E-state index contributed by atoms with van der Waals surface area (Å²) in [6, 6.07) is 1.86. The number of anilines is 2. The van der Waals surface area contributed by atoms with Crippen LogP contribution < -0.4 is 11.5 Å². The Bertz CT molecular complexity index is 262. The van der Waals surface area contributed by atoms with Gasteiger partial charge < -0.3 is 11.5 Å². The number of rotatable bonds is 3. The third-order valence-electron chi connectivity index (χ3n) is 1.40. The molecule has 1 heterocycles. The SMILES string of the molecule is CCCSc1cnc(N)c(N)c1. The van der Waals surface area contributed by atoms with Gasteiger partial charge in [0.05, 0.1) is 5.69 Å². The maximum atomic E-state index is 5.59. The minimum Gasteiger partial charge on any atom is -0.396 e. The van der Waals surface area contributed by atoms with Crippen molar-refractivity contribution in [2.24, 2.45) is 0 Å². The van der Waals surface area contributed by atoms with Crippen molar-refractivity contribution in [1.29, 1.82) is 0 Å². The van der Waals surface area contributed by atoms with Crippen molar-refractivity contribution in [2.45, 2.75) is 18.2 Å². The van der Waals surface area contributed by atoms with E-state index in [0.29, 0.717) is 11.5 Å². The van der Waals surface area contributed by atoms with Crippen LogP contribution in [0, 0.1) is 0 Å². The smallest absolute Gasteiger partial charge is 0.146 e. The highest BCUT2D eigenvalue weighted by Gasteiger charge is 1.98. The van der Waals surface area contributed by atoms with Crippen LogP contribution in [0.2, 0.25) is 0 Å². The Balaban J connectivity index is 2.69. The fourth-order valence-electron chi connectivity index (χ4n) is 0.771. The van der Waals surface area contributed by atoms with Crippen LogP contribution in [0.15, 0.2) is 17.2 Å². The predicted molar refractivity (Wildman–Crippen MR) is 54.1 cm³/mol. The summed E-state index contributed by atoms with van der Waals surface area (Å²) >= 11 is 1.75. The van der Waals surface area contributed by atoms with E-state index in [1.165, 1.54) is 0 Å². The monoisotopic (exact) mass is 183 g/mol. The molecule has 0 aliphatic rings. The lowest BCUT2D eigenvalue weighted by Gasteiger charge is -2.02. The van der Waals surface area contributed by atoms with Crippen molar-refractivity contribution >= 4 is 23.3 Å². The fourth-order valence-corrected chi connectivity index (χ4v) is 1.55. The van der Waals surface area contributed by atoms with Crippen LogP contribution in [-0.2, 0) is 0 Å². The molecule has 0 aliphatic heterocycles. The van der Waals surface area contributed by atoms with Gasteiger partial charge in [-0.2, -0.15) is 0 Å². The largest absolute Gasteiger partial charge is 0.396 e. The van der Waals surface area contributed by atoms with Crippen LogP contribution in [0.4, 0.5) is 11.5 Å². The second-order valence-electron chi connectivity index (χ2n) is 2.49. The Labute approximate surface area is 76.5 Å². The van der Waals surface area contributed by atoms with Gasteiger partial charge in [-0.25, -0.2) is 4.98 Å². The van der Waals surface area contributed by atoms with Gasteiger partial charge in [0.15, 0.2) is 0 Å². The van der Waals surface area contributed by atoms with E-state index in [2.05, 4.69) is 11.9 Å². The molecule has 0 unspecified atom stereocenters. The number of hydrogen-bond acceptors (Lipinski definition) is 4. The maximum Gasteiger partial charge on any atom is 0.146 e. The first-order valence-electron chi connectivity index (χ1n) is 3.88. The van der Waals surface area contributed by atoms with Crippen LogP contribution in [0.5, 0.6) is 0 Å². The normalized spacial score (nSPS) is 10.1. The average molecular weight is 183 g/mol. The van der Waals surface area contributed by atoms with E-state index in [1.54, 1.807) is 18.0 Å². The molecule has 0 saturated carbocycles. The molecule has 0 atom stereocenters. The molecule has 66 valence electrons. The van der Waals surface area contributed by atoms with Crippen LogP contribution in [0.1, 0.15) is 13.3 Å². The Morgan fingerprint density at radius 1 is 1.50 bits per heavy atom. The van der Waals surface area contributed by atoms with E-state index < -0.39 is 0 Å². The molecule has 0 bridgehead atoms. The zero-order valence-electron chi connectivity index (χ0n) is 7.08. The van der Waals surface area contributed by atoms with E-state index in [1.807, 2.05) is 6.07 Å². The zero-order chi connectivity index (χ0) is 8.97. The number of aromatic nitrogens is 1. The van der Waals surface area contributed by atoms with Crippen LogP contribution >= 0.6 is 11.8 Å². The number of nitrogens with zero attached hydrogens (tertiary/aromatic N) is 1. The Morgan fingerprint density at radius 2 is 2.25 bits per heavy atom. The van der Waals surface area contributed by atoms with Crippen molar-refractivity contribution in [2.75, 3.05) is 17.2 Å². The van der Waals surface area contributed by atoms with Crippen LogP contribution in [-0.4, -0.2) is 10.7 Å². The first kappa shape index (κ1) is 9.19. The molecule has 4 heteroatoms.